The molecule has 134 valence electrons. The van der Waals surface area contributed by atoms with Crippen LogP contribution >= 0.6 is 0 Å². The van der Waals surface area contributed by atoms with Gasteiger partial charge in [0.2, 0.25) is 5.69 Å². The maximum atomic E-state index is 12.4. The number of hydrogen-bond donors (Lipinski definition) is 2. The van der Waals surface area contributed by atoms with Gasteiger partial charge in [0.25, 0.3) is 11.5 Å². The second-order valence-electron chi connectivity index (χ2n) is 5.85. The normalized spacial score (nSPS) is 15.4. The summed E-state index contributed by atoms with van der Waals surface area (Å²) in [7, 11) is 0. The number of phenols is 1. The van der Waals surface area contributed by atoms with Crippen molar-refractivity contribution in [1.82, 2.24) is 4.90 Å². The number of allylic oxidation sites excluding steroid dienone is 3. The van der Waals surface area contributed by atoms with Gasteiger partial charge in [-0.2, -0.15) is 4.99 Å². The first kappa shape index (κ1) is 18.8. The molecule has 0 amide bonds. The van der Waals surface area contributed by atoms with Crippen LogP contribution in [0.4, 0.5) is 11.4 Å². The molecular formula is C20H28N3O2+. The van der Waals surface area contributed by atoms with Crippen LogP contribution in [-0.4, -0.2) is 47.7 Å². The lowest BCUT2D eigenvalue weighted by Crippen LogP contribution is -2.68. The number of aromatic hydroxyl groups is 1. The van der Waals surface area contributed by atoms with Crippen molar-refractivity contribution in [3.63, 3.8) is 0 Å². The molecule has 0 saturated heterocycles. The van der Waals surface area contributed by atoms with Gasteiger partial charge < -0.3 is 14.9 Å². The third kappa shape index (κ3) is 4.29. The van der Waals surface area contributed by atoms with Crippen LogP contribution in [0.5, 0.6) is 5.75 Å². The third-order valence-corrected chi connectivity index (χ3v) is 4.47. The average Bonchev–Trinajstić information content (AvgIpc) is 2.61. The van der Waals surface area contributed by atoms with Gasteiger partial charge in [0.15, 0.2) is 5.75 Å². The molecule has 0 fully saturated rings. The molecule has 0 aliphatic heterocycles. The second-order valence-corrected chi connectivity index (χ2v) is 5.85. The smallest absolute Gasteiger partial charge is 0.252 e. The number of hydrogen-bond acceptors (Lipinski definition) is 4. The summed E-state index contributed by atoms with van der Waals surface area (Å²) in [6.07, 6.45) is 5.34. The highest BCUT2D eigenvalue weighted by Crippen LogP contribution is 2.25. The standard InChI is InChI=1S/C20H27N3O2/c1-5-22(6-2)15-9-11-17(19(24)13-15)21-18-12-10-16(14-20(18)25)23(7-3)8-4/h9-14,24H,5-8H2,1-4H3/p+1. The van der Waals surface area contributed by atoms with Crippen molar-refractivity contribution < 1.29 is 14.9 Å². The lowest BCUT2D eigenvalue weighted by Gasteiger charge is -2.22. The monoisotopic (exact) mass is 342 g/mol. The molecule has 1 aromatic carbocycles. The first-order valence-electron chi connectivity index (χ1n) is 8.94. The maximum Gasteiger partial charge on any atom is 0.252 e. The highest BCUT2D eigenvalue weighted by atomic mass is 16.3. The zero-order chi connectivity index (χ0) is 18.4. The maximum absolute atomic E-state index is 12.4. The van der Waals surface area contributed by atoms with Gasteiger partial charge in [0.1, 0.15) is 0 Å². The molecule has 0 bridgehead atoms. The van der Waals surface area contributed by atoms with E-state index >= 15 is 0 Å². The van der Waals surface area contributed by atoms with E-state index < -0.39 is 0 Å². The van der Waals surface area contributed by atoms with E-state index in [2.05, 4.69) is 42.5 Å². The molecule has 0 unspecified atom stereocenters. The van der Waals surface area contributed by atoms with Crippen LogP contribution < -0.4 is 9.89 Å². The summed E-state index contributed by atoms with van der Waals surface area (Å²) in [5.74, 6) is 0.0493. The minimum absolute atomic E-state index is 0.0865. The molecule has 0 saturated carbocycles. The number of carbonyl (C=O) groups is 1. The largest absolute Gasteiger partial charge is 0.502 e. The number of anilines is 1. The van der Waals surface area contributed by atoms with Gasteiger partial charge in [0.05, 0.1) is 0 Å². The second kappa shape index (κ2) is 8.51. The first-order chi connectivity index (χ1) is 12.0. The molecular weight excluding hydrogens is 314 g/mol. The molecule has 0 atom stereocenters. The van der Waals surface area contributed by atoms with Gasteiger partial charge in [-0.05, 0) is 39.8 Å². The quantitative estimate of drug-likeness (QED) is 0.586. The molecule has 1 aliphatic rings. The number of nitrogens with zero attached hydrogens (tertiary/aromatic N) is 2. The highest BCUT2D eigenvalue weighted by molar-refractivity contribution is 6.46. The van der Waals surface area contributed by atoms with Crippen molar-refractivity contribution in [2.45, 2.75) is 27.7 Å². The minimum atomic E-state index is -0.0865. The summed E-state index contributed by atoms with van der Waals surface area (Å²) < 4.78 is 0. The van der Waals surface area contributed by atoms with Crippen LogP contribution in [0.3, 0.4) is 0 Å². The predicted molar refractivity (Wildman–Crippen MR) is 102 cm³/mol. The molecule has 1 aliphatic carbocycles. The van der Waals surface area contributed by atoms with Crippen molar-refractivity contribution in [2.75, 3.05) is 31.1 Å². The Balaban J connectivity index is 2.25. The van der Waals surface area contributed by atoms with Gasteiger partial charge in [-0.3, -0.25) is 4.79 Å². The summed E-state index contributed by atoms with van der Waals surface area (Å²) in [6.45, 7) is 11.8. The van der Waals surface area contributed by atoms with Gasteiger partial charge in [-0.25, -0.2) is 0 Å². The van der Waals surface area contributed by atoms with Gasteiger partial charge in [-0.15, -0.1) is 0 Å². The fourth-order valence-corrected chi connectivity index (χ4v) is 2.96. The number of nitrogens with one attached hydrogen (secondary N) is 1. The molecule has 5 nitrogen and oxygen atoms in total. The predicted octanol–water partition coefficient (Wildman–Crippen LogP) is 1.76. The van der Waals surface area contributed by atoms with Crippen LogP contribution in [0.1, 0.15) is 27.7 Å². The van der Waals surface area contributed by atoms with Gasteiger partial charge in [-0.1, -0.05) is 0 Å². The molecule has 0 aromatic heterocycles. The lowest BCUT2D eigenvalue weighted by molar-refractivity contribution is -0.352. The molecule has 2 rings (SSSR count). The first-order valence-corrected chi connectivity index (χ1v) is 8.94. The Bertz CT molecular complexity index is 712. The van der Waals surface area contributed by atoms with E-state index in [-0.39, 0.29) is 11.5 Å². The van der Waals surface area contributed by atoms with E-state index in [0.29, 0.717) is 11.4 Å². The van der Waals surface area contributed by atoms with Crippen LogP contribution in [-0.2, 0) is 4.79 Å². The average molecular weight is 342 g/mol. The Labute approximate surface area is 150 Å². The number of benzene rings is 1. The van der Waals surface area contributed by atoms with Crippen molar-refractivity contribution in [1.29, 1.82) is 0 Å². The molecule has 1 aromatic rings. The fraction of sp³-hybridized carbons (Fsp3) is 0.400. The zero-order valence-electron chi connectivity index (χ0n) is 15.5. The van der Waals surface area contributed by atoms with Gasteiger partial charge in [0, 0.05) is 61.8 Å². The third-order valence-electron chi connectivity index (χ3n) is 4.47. The van der Waals surface area contributed by atoms with E-state index in [0.717, 1.165) is 37.6 Å². The van der Waals surface area contributed by atoms with Crippen molar-refractivity contribution >= 4 is 22.9 Å². The van der Waals surface area contributed by atoms with Crippen LogP contribution in [0.25, 0.3) is 0 Å². The van der Waals surface area contributed by atoms with Crippen molar-refractivity contribution in [3.05, 3.63) is 42.1 Å². The zero-order valence-corrected chi connectivity index (χ0v) is 15.5. The van der Waals surface area contributed by atoms with E-state index in [1.54, 1.807) is 24.3 Å². The van der Waals surface area contributed by atoms with Gasteiger partial charge >= 0.3 is 0 Å². The lowest BCUT2D eigenvalue weighted by atomic mass is 10.1. The minimum Gasteiger partial charge on any atom is -0.502 e. The summed E-state index contributed by atoms with van der Waals surface area (Å²) in [5, 5.41) is 10.3. The number of phenolic OH excluding ortho intramolecular Hbond substituents is 1. The molecule has 25 heavy (non-hydrogen) atoms. The molecule has 0 radical (unpaired) electrons. The van der Waals surface area contributed by atoms with E-state index in [1.807, 2.05) is 12.1 Å². The Morgan fingerprint density at radius 3 is 2.12 bits per heavy atom. The SMILES string of the molecule is CCN(CC)C1=CC(=O)C(=[NH+]c2ccc(N(CC)CC)cc2O)C=C1. The highest BCUT2D eigenvalue weighted by Gasteiger charge is 2.21. The van der Waals surface area contributed by atoms with Crippen LogP contribution in [0.15, 0.2) is 42.1 Å². The van der Waals surface area contributed by atoms with E-state index in [9.17, 15) is 9.90 Å². The summed E-state index contributed by atoms with van der Waals surface area (Å²) in [5.41, 5.74) is 2.87. The summed E-state index contributed by atoms with van der Waals surface area (Å²) in [4.78, 5) is 19.7. The van der Waals surface area contributed by atoms with E-state index in [4.69, 9.17) is 0 Å². The van der Waals surface area contributed by atoms with Crippen molar-refractivity contribution in [3.8, 4) is 5.75 Å². The number of ketones is 1. The summed E-state index contributed by atoms with van der Waals surface area (Å²) in [6, 6.07) is 5.48. The molecule has 0 spiro atoms. The topological polar surface area (TPSA) is 57.8 Å². The molecule has 5 heteroatoms. The number of carbonyl (C=O) groups excluding carboxylic acids is 1. The molecule has 2 N–H and O–H groups in total. The van der Waals surface area contributed by atoms with E-state index in [1.165, 1.54) is 0 Å². The Morgan fingerprint density at radius 1 is 0.960 bits per heavy atom. The van der Waals surface area contributed by atoms with Crippen LogP contribution in [0, 0.1) is 0 Å². The Kier molecular flexibility index (Phi) is 6.39. The Hall–Kier alpha value is -2.56. The Morgan fingerprint density at radius 2 is 1.60 bits per heavy atom. The number of rotatable bonds is 7. The number of likely N-dealkylation sites (N-methyl/N-ethyl adjacent to an activating group) is 1. The van der Waals surface area contributed by atoms with Crippen LogP contribution in [0.2, 0.25) is 0 Å². The summed E-state index contributed by atoms with van der Waals surface area (Å²) >= 11 is 0. The molecule has 0 heterocycles. The fourth-order valence-electron chi connectivity index (χ4n) is 2.96. The van der Waals surface area contributed by atoms with Crippen molar-refractivity contribution in [2.24, 2.45) is 0 Å².